The third kappa shape index (κ3) is 4.99. The van der Waals surface area contributed by atoms with Gasteiger partial charge in [0.15, 0.2) is 17.5 Å². The van der Waals surface area contributed by atoms with E-state index in [0.717, 1.165) is 27.8 Å². The summed E-state index contributed by atoms with van der Waals surface area (Å²) in [5.41, 5.74) is 7.54. The molecule has 0 unspecified atom stereocenters. The Balaban J connectivity index is 1.25. The zero-order valence-electron chi connectivity index (χ0n) is 26.1. The van der Waals surface area contributed by atoms with E-state index in [0.29, 0.717) is 17.5 Å². The molecule has 0 saturated heterocycles. The summed E-state index contributed by atoms with van der Waals surface area (Å²) in [5, 5.41) is 7.31. The molecule has 0 aliphatic heterocycles. The van der Waals surface area contributed by atoms with Crippen molar-refractivity contribution in [3.8, 4) is 56.4 Å². The number of hydrogen-bond donors (Lipinski definition) is 0. The number of aromatic nitrogens is 3. The molecule has 9 aromatic rings. The normalized spacial score (nSPS) is 11.3. The number of hydrogen-bond acceptors (Lipinski definition) is 3. The Kier molecular flexibility index (Phi) is 6.80. The van der Waals surface area contributed by atoms with Crippen molar-refractivity contribution in [1.82, 2.24) is 15.0 Å². The zero-order chi connectivity index (χ0) is 31.9. The molecule has 8 aromatic carbocycles. The van der Waals surface area contributed by atoms with E-state index in [2.05, 4.69) is 140 Å². The van der Waals surface area contributed by atoms with Gasteiger partial charge >= 0.3 is 0 Å². The molecule has 3 nitrogen and oxygen atoms in total. The number of rotatable bonds is 5. The molecule has 0 atom stereocenters. The van der Waals surface area contributed by atoms with Crippen LogP contribution in [0.3, 0.4) is 0 Å². The van der Waals surface area contributed by atoms with E-state index in [1.54, 1.807) is 0 Å². The van der Waals surface area contributed by atoms with Gasteiger partial charge in [-0.2, -0.15) is 0 Å². The van der Waals surface area contributed by atoms with Crippen molar-refractivity contribution in [2.75, 3.05) is 0 Å². The van der Waals surface area contributed by atoms with Crippen LogP contribution in [0.2, 0.25) is 0 Å². The van der Waals surface area contributed by atoms with Crippen molar-refractivity contribution < 1.29 is 0 Å². The number of nitrogens with zero attached hydrogens (tertiary/aromatic N) is 3. The van der Waals surface area contributed by atoms with E-state index in [4.69, 9.17) is 15.0 Å². The van der Waals surface area contributed by atoms with Gasteiger partial charge in [0, 0.05) is 16.7 Å². The second kappa shape index (κ2) is 11.7. The topological polar surface area (TPSA) is 38.7 Å². The van der Waals surface area contributed by atoms with Gasteiger partial charge in [0.25, 0.3) is 0 Å². The third-order valence-corrected chi connectivity index (χ3v) is 9.10. The van der Waals surface area contributed by atoms with Crippen LogP contribution >= 0.6 is 0 Å². The van der Waals surface area contributed by atoms with Gasteiger partial charge in [0.2, 0.25) is 0 Å². The first-order valence-corrected chi connectivity index (χ1v) is 16.2. The van der Waals surface area contributed by atoms with Gasteiger partial charge < -0.3 is 0 Å². The van der Waals surface area contributed by atoms with Crippen LogP contribution in [-0.2, 0) is 0 Å². The summed E-state index contributed by atoms with van der Waals surface area (Å²) in [6.07, 6.45) is 0. The number of benzene rings is 8. The highest BCUT2D eigenvalue weighted by molar-refractivity contribution is 6.26. The molecule has 0 aliphatic rings. The lowest BCUT2D eigenvalue weighted by Gasteiger charge is -2.14. The first-order chi connectivity index (χ1) is 23.8. The molecule has 0 aliphatic carbocycles. The van der Waals surface area contributed by atoms with Crippen LogP contribution in [0.1, 0.15) is 0 Å². The SMILES string of the molecule is c1ccc(-c2cccc(-c3nc(-c4ccccc4)nc(-c4ccc5c6ccccc6c6cc(-c7ccccc7)ccc6c5c4)n3)c2)cc1. The second-order valence-electron chi connectivity index (χ2n) is 12.1. The fourth-order valence-electron chi connectivity index (χ4n) is 6.72. The van der Waals surface area contributed by atoms with Gasteiger partial charge in [-0.1, -0.05) is 158 Å². The first-order valence-electron chi connectivity index (χ1n) is 16.2. The lowest BCUT2D eigenvalue weighted by atomic mass is 9.91. The summed E-state index contributed by atoms with van der Waals surface area (Å²) in [6.45, 7) is 0. The highest BCUT2D eigenvalue weighted by Gasteiger charge is 2.16. The molecule has 0 spiro atoms. The summed E-state index contributed by atoms with van der Waals surface area (Å²) >= 11 is 0. The molecule has 224 valence electrons. The third-order valence-electron chi connectivity index (χ3n) is 9.10. The summed E-state index contributed by atoms with van der Waals surface area (Å²) in [4.78, 5) is 15.2. The van der Waals surface area contributed by atoms with E-state index in [9.17, 15) is 0 Å². The molecular formula is C45H29N3. The van der Waals surface area contributed by atoms with Gasteiger partial charge in [0.05, 0.1) is 0 Å². The molecule has 9 rings (SSSR count). The first kappa shape index (κ1) is 27.8. The molecule has 1 heterocycles. The van der Waals surface area contributed by atoms with Crippen molar-refractivity contribution in [2.45, 2.75) is 0 Å². The van der Waals surface area contributed by atoms with Crippen molar-refractivity contribution >= 4 is 32.3 Å². The van der Waals surface area contributed by atoms with Crippen LogP contribution in [0.15, 0.2) is 176 Å². The van der Waals surface area contributed by atoms with Crippen molar-refractivity contribution in [3.05, 3.63) is 176 Å². The summed E-state index contributed by atoms with van der Waals surface area (Å²) in [7, 11) is 0. The number of fused-ring (bicyclic) bond motifs is 6. The predicted octanol–water partition coefficient (Wildman–Crippen LogP) is 11.7. The second-order valence-corrected chi connectivity index (χ2v) is 12.1. The molecule has 48 heavy (non-hydrogen) atoms. The highest BCUT2D eigenvalue weighted by Crippen LogP contribution is 2.39. The Hall–Kier alpha value is -6.45. The molecule has 0 fully saturated rings. The fraction of sp³-hybridized carbons (Fsp3) is 0. The van der Waals surface area contributed by atoms with Gasteiger partial charge in [-0.3, -0.25) is 0 Å². The molecule has 3 heteroatoms. The maximum atomic E-state index is 5.11. The van der Waals surface area contributed by atoms with Gasteiger partial charge in [-0.25, -0.2) is 15.0 Å². The lowest BCUT2D eigenvalue weighted by Crippen LogP contribution is -2.00. The average molecular weight is 612 g/mol. The quantitative estimate of drug-likeness (QED) is 0.182. The summed E-state index contributed by atoms with van der Waals surface area (Å²) in [6, 6.07) is 61.7. The van der Waals surface area contributed by atoms with E-state index in [1.165, 1.54) is 43.4 Å². The fourth-order valence-corrected chi connectivity index (χ4v) is 6.72. The standard InChI is InChI=1S/C45H29N3/c1-4-13-30(14-5-1)33-19-12-20-35(27-33)44-46-43(32-17-8-3-9-18-32)47-45(48-44)36-24-26-39-37-21-10-11-22-38(37)41-28-34(31-15-6-2-7-16-31)23-25-40(41)42(39)29-36/h1-29H. The zero-order valence-corrected chi connectivity index (χ0v) is 26.1. The van der Waals surface area contributed by atoms with Crippen LogP contribution in [0.4, 0.5) is 0 Å². The van der Waals surface area contributed by atoms with Crippen LogP contribution in [0, 0.1) is 0 Å². The van der Waals surface area contributed by atoms with Gasteiger partial charge in [-0.05, 0) is 72.8 Å². The largest absolute Gasteiger partial charge is 0.208 e. The van der Waals surface area contributed by atoms with Gasteiger partial charge in [0.1, 0.15) is 0 Å². The minimum absolute atomic E-state index is 0.646. The van der Waals surface area contributed by atoms with Crippen molar-refractivity contribution in [3.63, 3.8) is 0 Å². The van der Waals surface area contributed by atoms with Crippen LogP contribution in [-0.4, -0.2) is 15.0 Å². The Bertz CT molecular complexity index is 2600. The summed E-state index contributed by atoms with van der Waals surface area (Å²) < 4.78 is 0. The maximum Gasteiger partial charge on any atom is 0.164 e. The minimum Gasteiger partial charge on any atom is -0.208 e. The molecule has 0 N–H and O–H groups in total. The van der Waals surface area contributed by atoms with E-state index >= 15 is 0 Å². The van der Waals surface area contributed by atoms with Crippen LogP contribution < -0.4 is 0 Å². The molecule has 0 saturated carbocycles. The van der Waals surface area contributed by atoms with E-state index in [1.807, 2.05) is 36.4 Å². The monoisotopic (exact) mass is 611 g/mol. The predicted molar refractivity (Wildman–Crippen MR) is 200 cm³/mol. The van der Waals surface area contributed by atoms with E-state index in [-0.39, 0.29) is 0 Å². The highest BCUT2D eigenvalue weighted by atomic mass is 15.0. The van der Waals surface area contributed by atoms with Gasteiger partial charge in [-0.15, -0.1) is 0 Å². The molecule has 0 bridgehead atoms. The Morgan fingerprint density at radius 3 is 1.17 bits per heavy atom. The van der Waals surface area contributed by atoms with Crippen molar-refractivity contribution in [2.24, 2.45) is 0 Å². The summed E-state index contributed by atoms with van der Waals surface area (Å²) in [5.74, 6) is 1.94. The molecule has 0 amide bonds. The van der Waals surface area contributed by atoms with E-state index < -0.39 is 0 Å². The molecule has 0 radical (unpaired) electrons. The average Bonchev–Trinajstić information content (AvgIpc) is 3.18. The Morgan fingerprint density at radius 2 is 0.562 bits per heavy atom. The van der Waals surface area contributed by atoms with Crippen molar-refractivity contribution in [1.29, 1.82) is 0 Å². The lowest BCUT2D eigenvalue weighted by molar-refractivity contribution is 1.07. The Morgan fingerprint density at radius 1 is 0.208 bits per heavy atom. The Labute approximate surface area is 278 Å². The molecular weight excluding hydrogens is 583 g/mol. The van der Waals surface area contributed by atoms with Crippen LogP contribution in [0.25, 0.3) is 88.7 Å². The molecule has 1 aromatic heterocycles. The van der Waals surface area contributed by atoms with Crippen LogP contribution in [0.5, 0.6) is 0 Å². The maximum absolute atomic E-state index is 5.11. The smallest absolute Gasteiger partial charge is 0.164 e. The minimum atomic E-state index is 0.646.